The summed E-state index contributed by atoms with van der Waals surface area (Å²) in [5, 5.41) is 33.0. The van der Waals surface area contributed by atoms with Crippen molar-refractivity contribution >= 4 is 5.97 Å². The Morgan fingerprint density at radius 2 is 1.92 bits per heavy atom. The number of hydrogen-bond acceptors (Lipinski definition) is 11. The zero-order valence-electron chi connectivity index (χ0n) is 35.0. The minimum Gasteiger partial charge on any atom is -0.508 e. The van der Waals surface area contributed by atoms with Gasteiger partial charge in [0.05, 0.1) is 24.9 Å². The number of methoxy groups -OCH3 is 1. The van der Waals surface area contributed by atoms with E-state index in [0.29, 0.717) is 49.4 Å². The number of benzene rings is 3. The largest absolute Gasteiger partial charge is 0.508 e. The number of fused-ring (bicyclic) bond motifs is 6. The number of carbonyl (C=O) groups is 1. The van der Waals surface area contributed by atoms with Crippen LogP contribution in [0.2, 0.25) is 0 Å². The van der Waals surface area contributed by atoms with E-state index in [-0.39, 0.29) is 47.7 Å². The van der Waals surface area contributed by atoms with Crippen LogP contribution in [0.4, 0.5) is 0 Å². The first-order valence-corrected chi connectivity index (χ1v) is 21.8. The van der Waals surface area contributed by atoms with Crippen molar-refractivity contribution in [3.05, 3.63) is 87.6 Å². The summed E-state index contributed by atoms with van der Waals surface area (Å²) in [7, 11) is 3.55. The molecule has 316 valence electrons. The minimum atomic E-state index is -0.588. The van der Waals surface area contributed by atoms with Crippen molar-refractivity contribution in [2.45, 2.75) is 113 Å². The number of hydrogen-bond donors (Lipinski definition) is 6. The number of allylic oxidation sites excluding steroid dienone is 3. The summed E-state index contributed by atoms with van der Waals surface area (Å²) in [5.74, 6) is 8.49. The molecule has 9 rings (SSSR count). The first-order chi connectivity index (χ1) is 29.1. The van der Waals surface area contributed by atoms with E-state index in [9.17, 15) is 15.0 Å². The highest BCUT2D eigenvalue weighted by Gasteiger charge is 2.51. The van der Waals surface area contributed by atoms with Gasteiger partial charge in [0, 0.05) is 66.2 Å². The van der Waals surface area contributed by atoms with Gasteiger partial charge in [-0.2, -0.15) is 0 Å². The summed E-state index contributed by atoms with van der Waals surface area (Å²) in [6, 6.07) is 12.0. The molecule has 0 aromatic heterocycles. The maximum Gasteiger partial charge on any atom is 0.302 e. The Balaban J connectivity index is 1.20. The second-order valence-corrected chi connectivity index (χ2v) is 17.8. The number of likely N-dealkylation sites (N-methyl/N-ethyl adjacent to an activating group) is 1. The molecule has 0 saturated heterocycles. The molecular formula is C49H58N4O7. The van der Waals surface area contributed by atoms with Gasteiger partial charge in [0.1, 0.15) is 36.1 Å². The van der Waals surface area contributed by atoms with Gasteiger partial charge in [-0.05, 0) is 110 Å². The molecule has 11 heteroatoms. The fourth-order valence-electron chi connectivity index (χ4n) is 11.0. The van der Waals surface area contributed by atoms with Crippen LogP contribution in [0.15, 0.2) is 59.8 Å². The van der Waals surface area contributed by atoms with Gasteiger partial charge in [-0.25, -0.2) is 0 Å². The van der Waals surface area contributed by atoms with Crippen LogP contribution in [0.5, 0.6) is 28.7 Å². The molecule has 1 unspecified atom stereocenters. The first-order valence-electron chi connectivity index (χ1n) is 21.8. The lowest BCUT2D eigenvalue weighted by atomic mass is 9.65. The summed E-state index contributed by atoms with van der Waals surface area (Å²) >= 11 is 0. The highest BCUT2D eigenvalue weighted by atomic mass is 16.5. The highest BCUT2D eigenvalue weighted by molar-refractivity contribution is 5.84. The average molecular weight is 815 g/mol. The van der Waals surface area contributed by atoms with E-state index in [0.717, 1.165) is 94.5 Å². The summed E-state index contributed by atoms with van der Waals surface area (Å²) in [6.45, 7) is 2.76. The van der Waals surface area contributed by atoms with Gasteiger partial charge in [0.25, 0.3) is 0 Å². The Kier molecular flexibility index (Phi) is 11.2. The third-order valence-corrected chi connectivity index (χ3v) is 13.7. The number of phenolic OH excluding ortho intramolecular Hbond substituents is 2. The van der Waals surface area contributed by atoms with Crippen LogP contribution in [0.1, 0.15) is 105 Å². The standard InChI is InChI=1S/C49H58N4O7/c1-28(54)58-27-39-36-13-14-37-45-32(19-34(55)21-43(45)57-3)24-49-17-16-29(23-49)18-31-12-15-44(50)53-40(31)11-7-8-30-20-41(56)42(22-38(30)47(39)60-48(36)46(37)49)59-35(25-51-2)26-52-33-9-5-4-6-10-33/h12-15,19-22,29,33,35,39,44,47,51-53,55-56H,4-6,8-10,16-18,23-27,50H2,1-3H3/t29-,35-,39+,44?,47-,49-/m1/s1. The highest BCUT2D eigenvalue weighted by Crippen LogP contribution is 2.62. The fourth-order valence-corrected chi connectivity index (χ4v) is 11.0. The van der Waals surface area contributed by atoms with Gasteiger partial charge in [-0.1, -0.05) is 43.4 Å². The van der Waals surface area contributed by atoms with E-state index in [2.05, 4.69) is 46.0 Å². The average Bonchev–Trinajstić information content (AvgIpc) is 3.81. The quantitative estimate of drug-likeness (QED) is 0.0959. The molecule has 2 fully saturated rings. The van der Waals surface area contributed by atoms with Crippen LogP contribution >= 0.6 is 0 Å². The number of ether oxygens (including phenoxy) is 4. The number of esters is 1. The van der Waals surface area contributed by atoms with Crippen LogP contribution in [0.3, 0.4) is 0 Å². The molecule has 6 aliphatic rings. The van der Waals surface area contributed by atoms with E-state index in [1.807, 2.05) is 25.3 Å². The maximum atomic E-state index is 12.5. The zero-order valence-corrected chi connectivity index (χ0v) is 35.0. The van der Waals surface area contributed by atoms with Crippen molar-refractivity contribution in [1.82, 2.24) is 16.0 Å². The Labute approximate surface area is 353 Å². The molecule has 3 aromatic carbocycles. The minimum absolute atomic E-state index is 0.0283. The topological polar surface area (TPSA) is 157 Å². The maximum absolute atomic E-state index is 12.5. The summed E-state index contributed by atoms with van der Waals surface area (Å²) < 4.78 is 25.9. The predicted octanol–water partition coefficient (Wildman–Crippen LogP) is 6.68. The van der Waals surface area contributed by atoms with Gasteiger partial charge in [-0.3, -0.25) is 4.79 Å². The third-order valence-electron chi connectivity index (χ3n) is 13.7. The molecule has 0 amide bonds. The van der Waals surface area contributed by atoms with Gasteiger partial charge in [0.15, 0.2) is 11.5 Å². The van der Waals surface area contributed by atoms with E-state index in [1.165, 1.54) is 26.2 Å². The number of nitrogens with one attached hydrogen (secondary N) is 3. The van der Waals surface area contributed by atoms with Crippen LogP contribution in [-0.2, 0) is 27.8 Å². The number of carbonyl (C=O) groups excluding carboxylic acids is 1. The molecule has 60 heavy (non-hydrogen) atoms. The second-order valence-electron chi connectivity index (χ2n) is 17.8. The van der Waals surface area contributed by atoms with E-state index >= 15 is 0 Å². The summed E-state index contributed by atoms with van der Waals surface area (Å²) in [4.78, 5) is 12.5. The van der Waals surface area contributed by atoms with Gasteiger partial charge < -0.3 is 50.8 Å². The summed E-state index contributed by atoms with van der Waals surface area (Å²) in [6.07, 6.45) is 13.7. The number of dihydropyridines is 1. The molecule has 11 nitrogen and oxygen atoms in total. The SMILES string of the molecule is CNC[C@H](CNC1CCCCC1)Oc1cc2c(cc1O)CC#CC1=C(C=CC(N)N1)C[C@H]1CC[C@]3(Cc4cc(O)cc(OC)c4-c4ccc5c(c43)O[C@H]2[C@H]5COC(C)=O)C1. The van der Waals surface area contributed by atoms with Crippen molar-refractivity contribution in [3.8, 4) is 51.7 Å². The third kappa shape index (κ3) is 7.70. The van der Waals surface area contributed by atoms with Gasteiger partial charge in [-0.15, -0.1) is 0 Å². The number of phenols is 2. The van der Waals surface area contributed by atoms with Crippen LogP contribution in [0.25, 0.3) is 11.1 Å². The predicted molar refractivity (Wildman–Crippen MR) is 230 cm³/mol. The molecule has 3 aromatic rings. The lowest BCUT2D eigenvalue weighted by Crippen LogP contribution is -2.43. The van der Waals surface area contributed by atoms with Crippen molar-refractivity contribution in [2.75, 3.05) is 33.9 Å². The number of nitrogens with two attached hydrogens (primary N) is 1. The summed E-state index contributed by atoms with van der Waals surface area (Å²) in [5.41, 5.74) is 14.8. The van der Waals surface area contributed by atoms with Crippen molar-refractivity contribution in [3.63, 3.8) is 0 Å². The molecule has 3 aliphatic heterocycles. The van der Waals surface area contributed by atoms with Gasteiger partial charge in [0.2, 0.25) is 0 Å². The number of aromatic hydroxyl groups is 2. The van der Waals surface area contributed by atoms with E-state index in [4.69, 9.17) is 24.7 Å². The van der Waals surface area contributed by atoms with E-state index < -0.39 is 6.10 Å². The van der Waals surface area contributed by atoms with Crippen molar-refractivity contribution < 1.29 is 34.0 Å². The van der Waals surface area contributed by atoms with Crippen LogP contribution < -0.4 is 35.9 Å². The molecule has 3 heterocycles. The molecule has 1 spiro atoms. The second kappa shape index (κ2) is 16.7. The Morgan fingerprint density at radius 3 is 2.72 bits per heavy atom. The molecule has 6 atom stereocenters. The molecular weight excluding hydrogens is 757 g/mol. The molecule has 7 N–H and O–H groups in total. The number of rotatable bonds is 10. The first kappa shape index (κ1) is 40.3. The zero-order chi connectivity index (χ0) is 41.5. The van der Waals surface area contributed by atoms with Gasteiger partial charge >= 0.3 is 5.97 Å². The van der Waals surface area contributed by atoms with Crippen LogP contribution in [0, 0.1) is 17.8 Å². The van der Waals surface area contributed by atoms with Crippen LogP contribution in [-0.4, -0.2) is 68.3 Å². The Morgan fingerprint density at radius 1 is 1.07 bits per heavy atom. The molecule has 0 radical (unpaired) electrons. The molecule has 3 aliphatic carbocycles. The molecule has 2 saturated carbocycles. The van der Waals surface area contributed by atoms with Crippen molar-refractivity contribution in [1.29, 1.82) is 0 Å². The molecule has 4 bridgehead atoms. The normalized spacial score (nSPS) is 25.5. The van der Waals surface area contributed by atoms with E-state index in [1.54, 1.807) is 19.2 Å². The Bertz CT molecular complexity index is 2290. The fraction of sp³-hybridized carbons (Fsp3) is 0.490. The lowest BCUT2D eigenvalue weighted by Gasteiger charge is -2.39. The Hall–Kier alpha value is -5.15. The smallest absolute Gasteiger partial charge is 0.302 e. The monoisotopic (exact) mass is 814 g/mol. The lowest BCUT2D eigenvalue weighted by molar-refractivity contribution is -0.141. The van der Waals surface area contributed by atoms with Crippen molar-refractivity contribution in [2.24, 2.45) is 11.7 Å².